The van der Waals surface area contributed by atoms with Gasteiger partial charge in [0.1, 0.15) is 5.60 Å². The molecule has 0 saturated carbocycles. The number of carbonyl (C=O) groups excluding carboxylic acids is 2. The first-order chi connectivity index (χ1) is 12.4. The summed E-state index contributed by atoms with van der Waals surface area (Å²) in [7, 11) is -3.81. The van der Waals surface area contributed by atoms with E-state index >= 15 is 0 Å². The first-order valence-electron chi connectivity index (χ1n) is 8.53. The Labute approximate surface area is 159 Å². The molecule has 27 heavy (non-hydrogen) atoms. The fourth-order valence-corrected chi connectivity index (χ4v) is 2.92. The van der Waals surface area contributed by atoms with Gasteiger partial charge in [-0.1, -0.05) is 30.3 Å². The Bertz CT molecular complexity index is 765. The lowest BCUT2D eigenvalue weighted by Gasteiger charge is -2.38. The van der Waals surface area contributed by atoms with Gasteiger partial charge in [0, 0.05) is 19.5 Å². The highest BCUT2D eigenvalue weighted by Crippen LogP contribution is 2.22. The molecule has 1 atom stereocenters. The fourth-order valence-electron chi connectivity index (χ4n) is 2.43. The quantitative estimate of drug-likeness (QED) is 0.409. The molecule has 0 bridgehead atoms. The fraction of sp³-hybridized carbons (Fsp3) is 0.556. The number of rotatable bonds is 6. The van der Waals surface area contributed by atoms with Crippen LogP contribution < -0.4 is 0 Å². The molecule has 2 rings (SSSR count). The Morgan fingerprint density at radius 2 is 1.78 bits per heavy atom. The summed E-state index contributed by atoms with van der Waals surface area (Å²) in [6.07, 6.45) is -0.764. The van der Waals surface area contributed by atoms with Crippen molar-refractivity contribution in [1.29, 1.82) is 0 Å². The Morgan fingerprint density at radius 1 is 1.19 bits per heavy atom. The van der Waals surface area contributed by atoms with Crippen LogP contribution in [-0.4, -0.2) is 56.6 Å². The van der Waals surface area contributed by atoms with Crippen LogP contribution in [0.2, 0.25) is 0 Å². The highest BCUT2D eigenvalue weighted by Gasteiger charge is 2.40. The smallest absolute Gasteiger partial charge is 0.410 e. The summed E-state index contributed by atoms with van der Waals surface area (Å²) in [5.41, 5.74) is 0.148. The third-order valence-corrected chi connectivity index (χ3v) is 4.21. The number of esters is 1. The molecular formula is C18H25NO7S. The average molecular weight is 399 g/mol. The van der Waals surface area contributed by atoms with E-state index in [0.717, 1.165) is 11.8 Å². The van der Waals surface area contributed by atoms with Crippen LogP contribution in [0.5, 0.6) is 0 Å². The number of amides is 1. The van der Waals surface area contributed by atoms with Gasteiger partial charge in [-0.05, 0) is 26.3 Å². The molecule has 150 valence electrons. The van der Waals surface area contributed by atoms with E-state index in [1.807, 2.05) is 6.07 Å². The second-order valence-corrected chi connectivity index (χ2v) is 9.04. The molecule has 9 heteroatoms. The standard InChI is InChI=1S/C18H25NO7S/c1-18(2,3)25-17(21)19-11-14(12-19)16(20)24-15(26-27(4,22)23)10-13-8-6-5-7-9-13/h5-9,14-15H,10-12H2,1-4H3. The predicted octanol–water partition coefficient (Wildman–Crippen LogP) is 1.94. The van der Waals surface area contributed by atoms with Crippen molar-refractivity contribution in [3.8, 4) is 0 Å². The van der Waals surface area contributed by atoms with Crippen LogP contribution >= 0.6 is 0 Å². The van der Waals surface area contributed by atoms with Crippen LogP contribution in [-0.2, 0) is 35.0 Å². The summed E-state index contributed by atoms with van der Waals surface area (Å²) in [5, 5.41) is 0. The Morgan fingerprint density at radius 3 is 2.30 bits per heavy atom. The van der Waals surface area contributed by atoms with Gasteiger partial charge in [-0.2, -0.15) is 8.42 Å². The van der Waals surface area contributed by atoms with E-state index in [1.165, 1.54) is 4.90 Å². The zero-order chi connectivity index (χ0) is 20.2. The van der Waals surface area contributed by atoms with Crippen molar-refractivity contribution in [2.45, 2.75) is 39.1 Å². The van der Waals surface area contributed by atoms with E-state index in [2.05, 4.69) is 0 Å². The number of ether oxygens (including phenoxy) is 2. The molecule has 0 radical (unpaired) electrons. The van der Waals surface area contributed by atoms with Gasteiger partial charge in [-0.25, -0.2) is 8.98 Å². The average Bonchev–Trinajstić information content (AvgIpc) is 2.42. The lowest BCUT2D eigenvalue weighted by molar-refractivity contribution is -0.172. The molecule has 1 fully saturated rings. The van der Waals surface area contributed by atoms with Crippen molar-refractivity contribution in [3.63, 3.8) is 0 Å². The van der Waals surface area contributed by atoms with Crippen LogP contribution in [0.4, 0.5) is 4.79 Å². The van der Waals surface area contributed by atoms with Gasteiger partial charge in [0.2, 0.25) is 6.29 Å². The molecule has 1 aliphatic rings. The molecule has 0 aliphatic carbocycles. The van der Waals surface area contributed by atoms with Gasteiger partial charge in [0.15, 0.2) is 0 Å². The van der Waals surface area contributed by atoms with E-state index in [9.17, 15) is 18.0 Å². The Kier molecular flexibility index (Phi) is 6.48. The topological polar surface area (TPSA) is 99.2 Å². The molecule has 1 aromatic carbocycles. The van der Waals surface area contributed by atoms with Gasteiger partial charge < -0.3 is 14.4 Å². The zero-order valence-corrected chi connectivity index (χ0v) is 16.7. The molecule has 0 spiro atoms. The number of hydrogen-bond donors (Lipinski definition) is 0. The van der Waals surface area contributed by atoms with Gasteiger partial charge in [0.05, 0.1) is 12.2 Å². The summed E-state index contributed by atoms with van der Waals surface area (Å²) in [5.74, 6) is -1.15. The van der Waals surface area contributed by atoms with Crippen LogP contribution in [0, 0.1) is 5.92 Å². The maximum absolute atomic E-state index is 12.3. The number of benzene rings is 1. The van der Waals surface area contributed by atoms with Crippen molar-refractivity contribution in [2.75, 3.05) is 19.3 Å². The lowest BCUT2D eigenvalue weighted by atomic mass is 10.0. The maximum atomic E-state index is 12.3. The number of hydrogen-bond acceptors (Lipinski definition) is 7. The van der Waals surface area contributed by atoms with Crippen LogP contribution in [0.1, 0.15) is 26.3 Å². The van der Waals surface area contributed by atoms with Crippen LogP contribution in [0.15, 0.2) is 30.3 Å². The predicted molar refractivity (Wildman–Crippen MR) is 97.3 cm³/mol. The largest absolute Gasteiger partial charge is 0.444 e. The van der Waals surface area contributed by atoms with Gasteiger partial charge in [-0.15, -0.1) is 0 Å². The molecule has 1 aromatic rings. The molecule has 1 unspecified atom stereocenters. The monoisotopic (exact) mass is 399 g/mol. The third kappa shape index (κ3) is 7.18. The summed E-state index contributed by atoms with van der Waals surface area (Å²) >= 11 is 0. The minimum atomic E-state index is -3.81. The van der Waals surface area contributed by atoms with Crippen molar-refractivity contribution in [3.05, 3.63) is 35.9 Å². The molecule has 8 nitrogen and oxygen atoms in total. The summed E-state index contributed by atoms with van der Waals surface area (Å²) in [6, 6.07) is 8.96. The second-order valence-electron chi connectivity index (χ2n) is 7.44. The first kappa shape index (κ1) is 21.2. The number of nitrogens with zero attached hydrogens (tertiary/aromatic N) is 1. The molecule has 1 saturated heterocycles. The highest BCUT2D eigenvalue weighted by molar-refractivity contribution is 7.86. The van der Waals surface area contributed by atoms with Crippen molar-refractivity contribution >= 4 is 22.2 Å². The molecule has 0 aromatic heterocycles. The van der Waals surface area contributed by atoms with E-state index in [4.69, 9.17) is 13.7 Å². The van der Waals surface area contributed by atoms with Crippen molar-refractivity contribution in [2.24, 2.45) is 5.92 Å². The van der Waals surface area contributed by atoms with E-state index < -0.39 is 40.0 Å². The second kappa shape index (κ2) is 8.26. The zero-order valence-electron chi connectivity index (χ0n) is 15.9. The number of carbonyl (C=O) groups is 2. The molecule has 0 N–H and O–H groups in total. The lowest BCUT2D eigenvalue weighted by Crippen LogP contribution is -2.55. The van der Waals surface area contributed by atoms with E-state index in [0.29, 0.717) is 0 Å². The minimum Gasteiger partial charge on any atom is -0.444 e. The van der Waals surface area contributed by atoms with E-state index in [-0.39, 0.29) is 19.5 Å². The van der Waals surface area contributed by atoms with Gasteiger partial charge in [0.25, 0.3) is 10.1 Å². The van der Waals surface area contributed by atoms with Crippen LogP contribution in [0.25, 0.3) is 0 Å². The molecule has 1 aliphatic heterocycles. The maximum Gasteiger partial charge on any atom is 0.410 e. The minimum absolute atomic E-state index is 0.0994. The molecule has 1 amide bonds. The Balaban J connectivity index is 1.91. The number of likely N-dealkylation sites (tertiary alicyclic amines) is 1. The SMILES string of the molecule is CC(C)(C)OC(=O)N1CC(C(=O)OC(Cc2ccccc2)OS(C)(=O)=O)C1. The molecular weight excluding hydrogens is 374 g/mol. The highest BCUT2D eigenvalue weighted by atomic mass is 32.2. The molecule has 1 heterocycles. The summed E-state index contributed by atoms with van der Waals surface area (Å²) in [4.78, 5) is 25.6. The van der Waals surface area contributed by atoms with Crippen molar-refractivity contribution < 1.29 is 31.7 Å². The van der Waals surface area contributed by atoms with Gasteiger partial charge >= 0.3 is 12.1 Å². The summed E-state index contributed by atoms with van der Waals surface area (Å²) in [6.45, 7) is 5.59. The van der Waals surface area contributed by atoms with Crippen molar-refractivity contribution in [1.82, 2.24) is 4.90 Å². The normalized spacial score (nSPS) is 16.4. The summed E-state index contributed by atoms with van der Waals surface area (Å²) < 4.78 is 38.3. The Hall–Kier alpha value is -2.13. The van der Waals surface area contributed by atoms with E-state index in [1.54, 1.807) is 45.0 Å². The first-order valence-corrected chi connectivity index (χ1v) is 10.4. The van der Waals surface area contributed by atoms with Crippen LogP contribution in [0.3, 0.4) is 0 Å². The third-order valence-electron chi connectivity index (χ3n) is 3.64. The van der Waals surface area contributed by atoms with Gasteiger partial charge in [-0.3, -0.25) is 4.79 Å².